The molecule has 0 bridgehead atoms. The fraction of sp³-hybridized carbons (Fsp3) is 0.840. The molecule has 0 radical (unpaired) electrons. The molecule has 2 unspecified atom stereocenters. The average molecular weight is 443 g/mol. The minimum atomic E-state index is -0.945. The van der Waals surface area contributed by atoms with E-state index in [4.69, 9.17) is 9.84 Å². The predicted molar refractivity (Wildman–Crippen MR) is 126 cm³/mol. The van der Waals surface area contributed by atoms with E-state index in [2.05, 4.69) is 19.1 Å². The van der Waals surface area contributed by atoms with Crippen LogP contribution in [0.5, 0.6) is 0 Å². The third-order valence-corrected chi connectivity index (χ3v) is 5.17. The fourth-order valence-electron chi connectivity index (χ4n) is 3.55. The van der Waals surface area contributed by atoms with Crippen LogP contribution in [0.15, 0.2) is 12.2 Å². The number of aliphatic carboxylic acids is 1. The molecule has 2 atom stereocenters. The number of nitrogens with zero attached hydrogens (tertiary/aromatic N) is 1. The summed E-state index contributed by atoms with van der Waals surface area (Å²) >= 11 is 0. The molecule has 0 spiro atoms. The summed E-state index contributed by atoms with van der Waals surface area (Å²) in [6.45, 7) is 2.69. The van der Waals surface area contributed by atoms with Gasteiger partial charge in [-0.15, -0.1) is 0 Å². The molecule has 0 fully saturated rings. The summed E-state index contributed by atoms with van der Waals surface area (Å²) in [5.74, 6) is -1.25. The van der Waals surface area contributed by atoms with Crippen molar-refractivity contribution in [1.82, 2.24) is 0 Å². The highest BCUT2D eigenvalue weighted by Crippen LogP contribution is 2.13. The number of allylic oxidation sites excluding steroid dienone is 1. The van der Waals surface area contributed by atoms with E-state index in [1.54, 1.807) is 0 Å². The van der Waals surface area contributed by atoms with Crippen LogP contribution in [0.1, 0.15) is 96.8 Å². The van der Waals surface area contributed by atoms with Gasteiger partial charge in [-0.25, -0.2) is 0 Å². The third-order valence-electron chi connectivity index (χ3n) is 5.17. The van der Waals surface area contributed by atoms with Crippen molar-refractivity contribution in [1.29, 1.82) is 0 Å². The van der Waals surface area contributed by atoms with E-state index in [0.717, 1.165) is 57.8 Å². The van der Waals surface area contributed by atoms with Gasteiger partial charge in [0.2, 0.25) is 0 Å². The van der Waals surface area contributed by atoms with Crippen molar-refractivity contribution < 1.29 is 29.0 Å². The van der Waals surface area contributed by atoms with E-state index in [1.165, 1.54) is 19.3 Å². The van der Waals surface area contributed by atoms with Gasteiger partial charge in [-0.1, -0.05) is 64.0 Å². The van der Waals surface area contributed by atoms with Gasteiger partial charge in [-0.3, -0.25) is 9.59 Å². The van der Waals surface area contributed by atoms with Gasteiger partial charge in [-0.05, 0) is 32.1 Å². The number of hydrogen-bond donors (Lipinski definition) is 2. The first kappa shape index (κ1) is 29.6. The lowest BCUT2D eigenvalue weighted by Crippen LogP contribution is -2.43. The van der Waals surface area contributed by atoms with Crippen LogP contribution in [-0.2, 0) is 14.3 Å². The highest BCUT2D eigenvalue weighted by molar-refractivity contribution is 5.71. The molecule has 0 aliphatic heterocycles. The Morgan fingerprint density at radius 2 is 1.58 bits per heavy atom. The number of hydrogen-bond acceptors (Lipinski definition) is 4. The molecule has 6 nitrogen and oxygen atoms in total. The molecule has 0 rings (SSSR count). The van der Waals surface area contributed by atoms with Gasteiger partial charge in [0.15, 0.2) is 6.10 Å². The van der Waals surface area contributed by atoms with Crippen molar-refractivity contribution in [3.63, 3.8) is 0 Å². The molecule has 182 valence electrons. The molecule has 0 amide bonds. The number of aliphatic hydroxyl groups is 1. The summed E-state index contributed by atoms with van der Waals surface area (Å²) < 4.78 is 5.95. The third kappa shape index (κ3) is 21.6. The summed E-state index contributed by atoms with van der Waals surface area (Å²) in [4.78, 5) is 23.0. The maximum Gasteiger partial charge on any atom is 0.307 e. The summed E-state index contributed by atoms with van der Waals surface area (Å²) in [5.41, 5.74) is 0. The van der Waals surface area contributed by atoms with Crippen molar-refractivity contribution >= 4 is 11.9 Å². The lowest BCUT2D eigenvalue weighted by atomic mass is 10.0. The normalized spacial score (nSPS) is 14.0. The van der Waals surface area contributed by atoms with E-state index in [9.17, 15) is 14.7 Å². The zero-order valence-corrected chi connectivity index (χ0v) is 20.5. The Balaban J connectivity index is 3.74. The fourth-order valence-corrected chi connectivity index (χ4v) is 3.55. The predicted octanol–water partition coefficient (Wildman–Crippen LogP) is 5.09. The number of unbranched alkanes of at least 4 members (excludes halogenated alkanes) is 8. The quantitative estimate of drug-likeness (QED) is 0.119. The van der Waals surface area contributed by atoms with Gasteiger partial charge in [0.25, 0.3) is 0 Å². The highest BCUT2D eigenvalue weighted by Gasteiger charge is 2.24. The Hall–Kier alpha value is -1.40. The van der Waals surface area contributed by atoms with Gasteiger partial charge in [-0.2, -0.15) is 0 Å². The minimum Gasteiger partial charge on any atom is -0.481 e. The SMILES string of the molecule is CCCCC/C=C/CC(O)CCCCCCCCC(=O)OC(CC(=O)O)C[N+](C)(C)C. The Kier molecular flexibility index (Phi) is 17.4. The molecule has 0 aliphatic rings. The lowest BCUT2D eigenvalue weighted by molar-refractivity contribution is -0.873. The van der Waals surface area contributed by atoms with E-state index < -0.39 is 12.1 Å². The molecular weight excluding hydrogens is 394 g/mol. The van der Waals surface area contributed by atoms with Crippen molar-refractivity contribution in [3.05, 3.63) is 12.2 Å². The Bertz CT molecular complexity index is 499. The number of carboxylic acids is 1. The molecular formula is C25H48NO5+. The van der Waals surface area contributed by atoms with Crippen LogP contribution >= 0.6 is 0 Å². The Labute approximate surface area is 190 Å². The molecule has 31 heavy (non-hydrogen) atoms. The molecule has 0 aromatic rings. The average Bonchev–Trinajstić information content (AvgIpc) is 2.64. The number of quaternary nitrogens is 1. The minimum absolute atomic E-state index is 0.151. The van der Waals surface area contributed by atoms with Gasteiger partial charge in [0.1, 0.15) is 6.54 Å². The second-order valence-corrected chi connectivity index (χ2v) is 9.70. The molecule has 0 saturated carbocycles. The molecule has 0 heterocycles. The van der Waals surface area contributed by atoms with Gasteiger partial charge in [0, 0.05) is 6.42 Å². The first-order chi connectivity index (χ1) is 14.6. The van der Waals surface area contributed by atoms with Crippen LogP contribution in [0.2, 0.25) is 0 Å². The number of rotatable bonds is 20. The summed E-state index contributed by atoms with van der Waals surface area (Å²) in [6.07, 6.45) is 16.2. The van der Waals surface area contributed by atoms with Crippen LogP contribution in [0.4, 0.5) is 0 Å². The first-order valence-electron chi connectivity index (χ1n) is 12.2. The van der Waals surface area contributed by atoms with Crippen LogP contribution in [-0.4, -0.2) is 66.5 Å². The number of aliphatic hydroxyl groups excluding tert-OH is 1. The molecule has 0 aromatic heterocycles. The monoisotopic (exact) mass is 442 g/mol. The van der Waals surface area contributed by atoms with Crippen LogP contribution in [0.25, 0.3) is 0 Å². The Morgan fingerprint density at radius 3 is 2.19 bits per heavy atom. The highest BCUT2D eigenvalue weighted by atomic mass is 16.5. The largest absolute Gasteiger partial charge is 0.481 e. The van der Waals surface area contributed by atoms with Crippen molar-refractivity contribution in [2.45, 2.75) is 109 Å². The standard InChI is InChI=1S/C25H47NO5/c1-5-6-7-8-11-14-17-22(27)18-15-12-9-10-13-16-19-25(30)31-23(20-24(28)29)21-26(2,3)4/h11,14,22-23,27H,5-10,12-13,15-21H2,1-4H3/p+1/b14-11+. The maximum atomic E-state index is 12.0. The van der Waals surface area contributed by atoms with Gasteiger partial charge in [0.05, 0.1) is 33.7 Å². The number of ether oxygens (including phenoxy) is 1. The van der Waals surface area contributed by atoms with E-state index >= 15 is 0 Å². The van der Waals surface area contributed by atoms with Gasteiger partial charge < -0.3 is 19.4 Å². The number of esters is 1. The second-order valence-electron chi connectivity index (χ2n) is 9.70. The number of carbonyl (C=O) groups excluding carboxylic acids is 1. The van der Waals surface area contributed by atoms with E-state index in [-0.39, 0.29) is 18.5 Å². The molecule has 0 aliphatic carbocycles. The summed E-state index contributed by atoms with van der Waals surface area (Å²) in [5, 5.41) is 19.0. The molecule has 2 N–H and O–H groups in total. The Morgan fingerprint density at radius 1 is 0.935 bits per heavy atom. The maximum absolute atomic E-state index is 12.0. The summed E-state index contributed by atoms with van der Waals surface area (Å²) in [7, 11) is 5.85. The lowest BCUT2D eigenvalue weighted by Gasteiger charge is -2.28. The molecule has 0 aromatic carbocycles. The van der Waals surface area contributed by atoms with Crippen LogP contribution < -0.4 is 0 Å². The van der Waals surface area contributed by atoms with E-state index in [1.807, 2.05) is 21.1 Å². The van der Waals surface area contributed by atoms with Crippen molar-refractivity contribution in [2.24, 2.45) is 0 Å². The van der Waals surface area contributed by atoms with E-state index in [0.29, 0.717) is 17.4 Å². The topological polar surface area (TPSA) is 83.8 Å². The zero-order chi connectivity index (χ0) is 23.5. The van der Waals surface area contributed by atoms with Crippen molar-refractivity contribution in [2.75, 3.05) is 27.7 Å². The summed E-state index contributed by atoms with van der Waals surface area (Å²) in [6, 6.07) is 0. The van der Waals surface area contributed by atoms with Gasteiger partial charge >= 0.3 is 11.9 Å². The zero-order valence-electron chi connectivity index (χ0n) is 20.5. The number of carboxylic acid groups (broad SMARTS) is 1. The number of carbonyl (C=O) groups is 2. The number of likely N-dealkylation sites (N-methyl/N-ethyl adjacent to an activating group) is 1. The molecule has 6 heteroatoms. The van der Waals surface area contributed by atoms with Crippen LogP contribution in [0.3, 0.4) is 0 Å². The van der Waals surface area contributed by atoms with Crippen molar-refractivity contribution in [3.8, 4) is 0 Å². The smallest absolute Gasteiger partial charge is 0.307 e. The molecule has 0 saturated heterocycles. The van der Waals surface area contributed by atoms with Crippen LogP contribution in [0, 0.1) is 0 Å². The second kappa shape index (κ2) is 18.2. The first-order valence-corrected chi connectivity index (χ1v) is 12.2.